The number of benzene rings is 3. The molecule has 2 aromatic heterocycles. The van der Waals surface area contributed by atoms with Gasteiger partial charge in [-0.05, 0) is 55.0 Å². The molecule has 0 aliphatic heterocycles. The Kier molecular flexibility index (Phi) is 6.71. The fraction of sp³-hybridized carbons (Fsp3) is 0.0741. The molecule has 0 spiro atoms. The predicted molar refractivity (Wildman–Crippen MR) is 143 cm³/mol. The van der Waals surface area contributed by atoms with Crippen LogP contribution in [-0.4, -0.2) is 29.6 Å². The Bertz CT molecular complexity index is 1880. The molecule has 0 saturated heterocycles. The summed E-state index contributed by atoms with van der Waals surface area (Å²) in [6.07, 6.45) is 1.39. The third-order valence-corrected chi connectivity index (χ3v) is 7.17. The number of nitrogen functional groups attached to an aromatic ring is 1. The maximum absolute atomic E-state index is 14.2. The highest BCUT2D eigenvalue weighted by atomic mass is 32.2. The lowest BCUT2D eigenvalue weighted by molar-refractivity contribution is 0.317. The number of anilines is 2. The standard InChI is InChI=1S/C27H21F2N5O4S/c1-2-38-25-24(39(36,37)33-23-11-9-18(28)14-21(23)29)13-17(15-31-25)16-8-10-22-20(12-16)26(35)34(27(30)32-22)19-6-4-3-5-7-19/h3-15,33H,2H2,1H3,(H2,30,32). The lowest BCUT2D eigenvalue weighted by Gasteiger charge is -2.14. The first-order valence-corrected chi connectivity index (χ1v) is 13.1. The summed E-state index contributed by atoms with van der Waals surface area (Å²) in [7, 11) is -4.43. The highest BCUT2D eigenvalue weighted by Gasteiger charge is 2.24. The Balaban J connectivity index is 1.62. The second-order valence-corrected chi connectivity index (χ2v) is 10.0. The van der Waals surface area contributed by atoms with Crippen LogP contribution >= 0.6 is 0 Å². The molecule has 198 valence electrons. The number of fused-ring (bicyclic) bond motifs is 1. The fourth-order valence-electron chi connectivity index (χ4n) is 4.01. The smallest absolute Gasteiger partial charge is 0.267 e. The van der Waals surface area contributed by atoms with Gasteiger partial charge >= 0.3 is 0 Å². The lowest BCUT2D eigenvalue weighted by Crippen LogP contribution is -2.23. The van der Waals surface area contributed by atoms with E-state index in [-0.39, 0.29) is 28.7 Å². The third kappa shape index (κ3) is 5.01. The van der Waals surface area contributed by atoms with Crippen molar-refractivity contribution in [2.45, 2.75) is 11.8 Å². The van der Waals surface area contributed by atoms with Crippen LogP contribution in [0.4, 0.5) is 20.4 Å². The molecule has 0 radical (unpaired) electrons. The van der Waals surface area contributed by atoms with Crippen molar-refractivity contribution in [3.8, 4) is 22.7 Å². The molecule has 0 aliphatic carbocycles. The van der Waals surface area contributed by atoms with E-state index in [2.05, 4.69) is 14.7 Å². The van der Waals surface area contributed by atoms with Crippen molar-refractivity contribution >= 4 is 32.6 Å². The SMILES string of the molecule is CCOc1ncc(-c2ccc3nc(N)n(-c4ccccc4)c(=O)c3c2)cc1S(=O)(=O)Nc1ccc(F)cc1F. The van der Waals surface area contributed by atoms with E-state index in [0.29, 0.717) is 28.4 Å². The number of hydrogen-bond donors (Lipinski definition) is 2. The minimum atomic E-state index is -4.43. The van der Waals surface area contributed by atoms with E-state index in [1.54, 1.807) is 55.5 Å². The van der Waals surface area contributed by atoms with E-state index in [4.69, 9.17) is 10.5 Å². The van der Waals surface area contributed by atoms with Gasteiger partial charge in [-0.25, -0.2) is 31.7 Å². The van der Waals surface area contributed by atoms with Crippen molar-refractivity contribution in [3.05, 3.63) is 101 Å². The molecule has 5 aromatic rings. The first kappa shape index (κ1) is 25.8. The average Bonchev–Trinajstić information content (AvgIpc) is 2.91. The number of nitrogens with one attached hydrogen (secondary N) is 1. The zero-order chi connectivity index (χ0) is 27.7. The molecule has 5 rings (SSSR count). The Morgan fingerprint density at radius 2 is 1.77 bits per heavy atom. The molecule has 0 atom stereocenters. The second kappa shape index (κ2) is 10.1. The van der Waals surface area contributed by atoms with Gasteiger partial charge in [0.25, 0.3) is 15.6 Å². The van der Waals surface area contributed by atoms with Crippen molar-refractivity contribution in [3.63, 3.8) is 0 Å². The van der Waals surface area contributed by atoms with Gasteiger partial charge in [-0.2, -0.15) is 0 Å². The number of hydrogen-bond acceptors (Lipinski definition) is 7. The van der Waals surface area contributed by atoms with Crippen LogP contribution in [0.3, 0.4) is 0 Å². The number of para-hydroxylation sites is 1. The molecule has 0 bridgehead atoms. The number of ether oxygens (including phenoxy) is 1. The monoisotopic (exact) mass is 549 g/mol. The zero-order valence-corrected chi connectivity index (χ0v) is 21.2. The third-order valence-electron chi connectivity index (χ3n) is 5.81. The van der Waals surface area contributed by atoms with Crippen molar-refractivity contribution in [2.24, 2.45) is 0 Å². The van der Waals surface area contributed by atoms with Crippen LogP contribution < -0.4 is 20.8 Å². The van der Waals surface area contributed by atoms with Gasteiger partial charge in [-0.15, -0.1) is 0 Å². The van der Waals surface area contributed by atoms with Gasteiger partial charge in [0.05, 0.1) is 28.9 Å². The highest BCUT2D eigenvalue weighted by molar-refractivity contribution is 7.92. The van der Waals surface area contributed by atoms with Crippen LogP contribution in [0.5, 0.6) is 5.88 Å². The molecule has 0 fully saturated rings. The van der Waals surface area contributed by atoms with Crippen molar-refractivity contribution in [1.29, 1.82) is 0 Å². The number of aromatic nitrogens is 3. The summed E-state index contributed by atoms with van der Waals surface area (Å²) in [5, 5.41) is 0.246. The van der Waals surface area contributed by atoms with Crippen molar-refractivity contribution in [1.82, 2.24) is 14.5 Å². The van der Waals surface area contributed by atoms with Crippen LogP contribution in [0.2, 0.25) is 0 Å². The topological polar surface area (TPSA) is 129 Å². The summed E-state index contributed by atoms with van der Waals surface area (Å²) in [5.41, 5.74) is 6.91. The Hall–Kier alpha value is -4.84. The van der Waals surface area contributed by atoms with Gasteiger partial charge in [0.1, 0.15) is 16.5 Å². The van der Waals surface area contributed by atoms with Crippen LogP contribution in [-0.2, 0) is 10.0 Å². The van der Waals surface area contributed by atoms with E-state index >= 15 is 0 Å². The summed E-state index contributed by atoms with van der Waals surface area (Å²) in [5.74, 6) is -2.13. The number of nitrogens with two attached hydrogens (primary N) is 1. The summed E-state index contributed by atoms with van der Waals surface area (Å²) in [6.45, 7) is 1.76. The number of pyridine rings is 1. The zero-order valence-electron chi connectivity index (χ0n) is 20.4. The maximum Gasteiger partial charge on any atom is 0.267 e. The van der Waals surface area contributed by atoms with Crippen LogP contribution in [0.1, 0.15) is 6.92 Å². The van der Waals surface area contributed by atoms with Gasteiger partial charge in [-0.3, -0.25) is 9.52 Å². The average molecular weight is 550 g/mol. The van der Waals surface area contributed by atoms with Crippen LogP contribution in [0.15, 0.2) is 88.7 Å². The predicted octanol–water partition coefficient (Wildman–Crippen LogP) is 4.51. The summed E-state index contributed by atoms with van der Waals surface area (Å²) in [4.78, 5) is 21.5. The molecule has 39 heavy (non-hydrogen) atoms. The van der Waals surface area contributed by atoms with E-state index < -0.39 is 32.9 Å². The van der Waals surface area contributed by atoms with Gasteiger partial charge in [0.15, 0.2) is 0 Å². The van der Waals surface area contributed by atoms with E-state index in [0.717, 1.165) is 12.1 Å². The number of nitrogens with zero attached hydrogens (tertiary/aromatic N) is 3. The normalized spacial score (nSPS) is 11.5. The minimum absolute atomic E-state index is 0.0154. The van der Waals surface area contributed by atoms with E-state index in [9.17, 15) is 22.0 Å². The first-order valence-electron chi connectivity index (χ1n) is 11.7. The lowest BCUT2D eigenvalue weighted by atomic mass is 10.1. The highest BCUT2D eigenvalue weighted by Crippen LogP contribution is 2.31. The summed E-state index contributed by atoms with van der Waals surface area (Å²) >= 11 is 0. The van der Waals surface area contributed by atoms with E-state index in [1.165, 1.54) is 16.8 Å². The number of halogens is 2. The fourth-order valence-corrected chi connectivity index (χ4v) is 5.20. The van der Waals surface area contributed by atoms with Gasteiger partial charge in [-0.1, -0.05) is 24.3 Å². The van der Waals surface area contributed by atoms with Gasteiger partial charge < -0.3 is 10.5 Å². The molecule has 0 amide bonds. The van der Waals surface area contributed by atoms with Gasteiger partial charge in [0.2, 0.25) is 11.8 Å². The van der Waals surface area contributed by atoms with Crippen molar-refractivity contribution < 1.29 is 21.9 Å². The number of rotatable bonds is 7. The molecule has 9 nitrogen and oxygen atoms in total. The van der Waals surface area contributed by atoms with Gasteiger partial charge in [0, 0.05) is 17.8 Å². The maximum atomic E-state index is 14.2. The molecule has 0 unspecified atom stereocenters. The molecule has 0 aliphatic rings. The number of sulfonamides is 1. The van der Waals surface area contributed by atoms with E-state index in [1.807, 2.05) is 0 Å². The molecule has 12 heteroatoms. The molecule has 3 N–H and O–H groups in total. The molecule has 3 aromatic carbocycles. The molecule has 2 heterocycles. The second-order valence-electron chi connectivity index (χ2n) is 8.37. The largest absolute Gasteiger partial charge is 0.477 e. The first-order chi connectivity index (χ1) is 18.7. The van der Waals surface area contributed by atoms with Crippen LogP contribution in [0.25, 0.3) is 27.7 Å². The Morgan fingerprint density at radius 3 is 2.49 bits per heavy atom. The minimum Gasteiger partial charge on any atom is -0.477 e. The summed E-state index contributed by atoms with van der Waals surface area (Å²) in [6, 6.07) is 17.3. The molecular formula is C27H21F2N5O4S. The molecular weight excluding hydrogens is 528 g/mol. The van der Waals surface area contributed by atoms with Crippen LogP contribution in [0, 0.1) is 11.6 Å². The van der Waals surface area contributed by atoms with Crippen molar-refractivity contribution in [2.75, 3.05) is 17.1 Å². The Morgan fingerprint density at radius 1 is 1.00 bits per heavy atom. The summed E-state index contributed by atoms with van der Waals surface area (Å²) < 4.78 is 62.8. The molecule has 0 saturated carbocycles. The Labute approximate surface area is 221 Å². The quantitative estimate of drug-likeness (QED) is 0.306.